The standard InChI is InChI=1S/C21H16N4O2/c26-21-23-9-10-25(21)14-6-7-15-16(17-4-1-2-8-22-17)13-19(24-18(15)12-14)20-5-3-11-27-20/h1-8,11-13H,9-10H2,(H,23,26). The molecule has 0 unspecified atom stereocenters. The molecule has 1 saturated heterocycles. The molecule has 6 nitrogen and oxygen atoms in total. The highest BCUT2D eigenvalue weighted by molar-refractivity contribution is 6.00. The number of aromatic nitrogens is 2. The van der Waals surface area contributed by atoms with Crippen LogP contribution in [0.15, 0.2) is 71.5 Å². The number of pyridine rings is 2. The summed E-state index contributed by atoms with van der Waals surface area (Å²) in [6, 6.07) is 17.4. The van der Waals surface area contributed by atoms with Crippen LogP contribution in [0.3, 0.4) is 0 Å². The van der Waals surface area contributed by atoms with Gasteiger partial charge < -0.3 is 9.73 Å². The van der Waals surface area contributed by atoms with Gasteiger partial charge >= 0.3 is 6.03 Å². The van der Waals surface area contributed by atoms with Crippen LogP contribution in [0.1, 0.15) is 0 Å². The fourth-order valence-corrected chi connectivity index (χ4v) is 3.39. The molecule has 3 aromatic heterocycles. The first-order valence-corrected chi connectivity index (χ1v) is 8.75. The molecule has 4 aromatic rings. The van der Waals surface area contributed by atoms with Gasteiger partial charge in [-0.25, -0.2) is 9.78 Å². The van der Waals surface area contributed by atoms with E-state index in [0.29, 0.717) is 18.8 Å². The smallest absolute Gasteiger partial charge is 0.321 e. The second-order valence-electron chi connectivity index (χ2n) is 6.33. The predicted octanol–water partition coefficient (Wildman–Crippen LogP) is 4.09. The van der Waals surface area contributed by atoms with Crippen LogP contribution in [0.2, 0.25) is 0 Å². The Bertz CT molecular complexity index is 1120. The second kappa shape index (κ2) is 6.25. The third-order valence-electron chi connectivity index (χ3n) is 4.68. The fraction of sp³-hybridized carbons (Fsp3) is 0.0952. The van der Waals surface area contributed by atoms with E-state index >= 15 is 0 Å². The van der Waals surface area contributed by atoms with Crippen LogP contribution in [0.4, 0.5) is 10.5 Å². The van der Waals surface area contributed by atoms with Crippen molar-refractivity contribution in [1.82, 2.24) is 15.3 Å². The van der Waals surface area contributed by atoms with E-state index in [2.05, 4.69) is 10.3 Å². The van der Waals surface area contributed by atoms with Crippen LogP contribution in [0.25, 0.3) is 33.6 Å². The maximum Gasteiger partial charge on any atom is 0.321 e. The molecule has 0 saturated carbocycles. The average molecular weight is 356 g/mol. The summed E-state index contributed by atoms with van der Waals surface area (Å²) in [5.74, 6) is 0.693. The second-order valence-corrected chi connectivity index (χ2v) is 6.33. The first-order chi connectivity index (χ1) is 13.3. The normalized spacial score (nSPS) is 13.9. The number of urea groups is 1. The van der Waals surface area contributed by atoms with Crippen molar-refractivity contribution in [3.63, 3.8) is 0 Å². The van der Waals surface area contributed by atoms with Gasteiger partial charge in [-0.05, 0) is 42.5 Å². The molecule has 1 fully saturated rings. The number of benzene rings is 1. The van der Waals surface area contributed by atoms with Gasteiger partial charge in [0.1, 0.15) is 5.69 Å². The number of amides is 2. The molecule has 0 atom stereocenters. The Morgan fingerprint density at radius 3 is 2.74 bits per heavy atom. The summed E-state index contributed by atoms with van der Waals surface area (Å²) < 4.78 is 5.55. The van der Waals surface area contributed by atoms with Gasteiger partial charge in [0.05, 0.1) is 17.5 Å². The molecule has 27 heavy (non-hydrogen) atoms. The molecule has 1 aliphatic rings. The molecule has 1 N–H and O–H groups in total. The van der Waals surface area contributed by atoms with Crippen LogP contribution in [-0.4, -0.2) is 29.1 Å². The monoisotopic (exact) mass is 356 g/mol. The molecule has 0 bridgehead atoms. The van der Waals surface area contributed by atoms with Crippen molar-refractivity contribution in [2.24, 2.45) is 0 Å². The Kier molecular flexibility index (Phi) is 3.60. The van der Waals surface area contributed by atoms with Crippen molar-refractivity contribution in [3.05, 3.63) is 67.1 Å². The summed E-state index contributed by atoms with van der Waals surface area (Å²) in [6.07, 6.45) is 3.41. The van der Waals surface area contributed by atoms with Crippen LogP contribution in [0.5, 0.6) is 0 Å². The lowest BCUT2D eigenvalue weighted by atomic mass is 10.0. The summed E-state index contributed by atoms with van der Waals surface area (Å²) in [6.45, 7) is 1.30. The highest BCUT2D eigenvalue weighted by atomic mass is 16.3. The van der Waals surface area contributed by atoms with Gasteiger partial charge in [-0.3, -0.25) is 9.88 Å². The number of carbonyl (C=O) groups is 1. The Morgan fingerprint density at radius 1 is 1.04 bits per heavy atom. The van der Waals surface area contributed by atoms with Crippen molar-refractivity contribution >= 4 is 22.6 Å². The molecule has 6 heteroatoms. The maximum absolute atomic E-state index is 12.0. The molecular formula is C21H16N4O2. The summed E-state index contributed by atoms with van der Waals surface area (Å²) in [5, 5.41) is 3.81. The van der Waals surface area contributed by atoms with E-state index < -0.39 is 0 Å². The average Bonchev–Trinajstić information content (AvgIpc) is 3.39. The Balaban J connectivity index is 1.73. The fourth-order valence-electron chi connectivity index (χ4n) is 3.39. The van der Waals surface area contributed by atoms with Gasteiger partial charge in [-0.1, -0.05) is 12.1 Å². The molecule has 1 aliphatic heterocycles. The SMILES string of the molecule is O=C1NCCN1c1ccc2c(-c3ccccn3)cc(-c3ccco3)nc2c1. The largest absolute Gasteiger partial charge is 0.463 e. The topological polar surface area (TPSA) is 71.3 Å². The highest BCUT2D eigenvalue weighted by Crippen LogP contribution is 2.33. The van der Waals surface area contributed by atoms with Crippen molar-refractivity contribution in [3.8, 4) is 22.7 Å². The van der Waals surface area contributed by atoms with Crippen LogP contribution in [0, 0.1) is 0 Å². The number of furan rings is 1. The number of anilines is 1. The Hall–Kier alpha value is -3.67. The summed E-state index contributed by atoms with van der Waals surface area (Å²) in [4.78, 5) is 23.0. The van der Waals surface area contributed by atoms with Crippen molar-refractivity contribution in [1.29, 1.82) is 0 Å². The number of nitrogens with zero attached hydrogens (tertiary/aromatic N) is 3. The number of carbonyl (C=O) groups excluding carboxylic acids is 1. The van der Waals surface area contributed by atoms with Gasteiger partial charge in [0, 0.05) is 35.9 Å². The molecule has 0 radical (unpaired) electrons. The van der Waals surface area contributed by atoms with Crippen LogP contribution in [-0.2, 0) is 0 Å². The van der Waals surface area contributed by atoms with Gasteiger partial charge in [0.25, 0.3) is 0 Å². The zero-order chi connectivity index (χ0) is 18.2. The summed E-state index contributed by atoms with van der Waals surface area (Å²) in [5.41, 5.74) is 4.19. The minimum Gasteiger partial charge on any atom is -0.463 e. The quantitative estimate of drug-likeness (QED) is 0.600. The van der Waals surface area contributed by atoms with Gasteiger partial charge in [0.2, 0.25) is 0 Å². The Labute approximate surface area is 155 Å². The van der Waals surface area contributed by atoms with E-state index in [9.17, 15) is 4.79 Å². The molecule has 0 aliphatic carbocycles. The molecular weight excluding hydrogens is 340 g/mol. The van der Waals surface area contributed by atoms with E-state index in [-0.39, 0.29) is 6.03 Å². The van der Waals surface area contributed by atoms with E-state index in [1.54, 1.807) is 17.4 Å². The zero-order valence-electron chi connectivity index (χ0n) is 14.4. The van der Waals surface area contributed by atoms with E-state index in [1.165, 1.54) is 0 Å². The number of nitrogens with one attached hydrogen (secondary N) is 1. The minimum atomic E-state index is -0.0820. The molecule has 0 spiro atoms. The molecule has 5 rings (SSSR count). The van der Waals surface area contributed by atoms with E-state index in [0.717, 1.165) is 33.5 Å². The van der Waals surface area contributed by atoms with Gasteiger partial charge in [-0.2, -0.15) is 0 Å². The number of hydrogen-bond donors (Lipinski definition) is 1. The van der Waals surface area contributed by atoms with E-state index in [1.807, 2.05) is 54.6 Å². The lowest BCUT2D eigenvalue weighted by molar-refractivity contribution is 0.252. The summed E-state index contributed by atoms with van der Waals surface area (Å²) in [7, 11) is 0. The minimum absolute atomic E-state index is 0.0820. The van der Waals surface area contributed by atoms with Crippen LogP contribution >= 0.6 is 0 Å². The first-order valence-electron chi connectivity index (χ1n) is 8.75. The maximum atomic E-state index is 12.0. The number of rotatable bonds is 3. The first kappa shape index (κ1) is 15.6. The van der Waals surface area contributed by atoms with Crippen molar-refractivity contribution in [2.45, 2.75) is 0 Å². The zero-order valence-corrected chi connectivity index (χ0v) is 14.4. The summed E-state index contributed by atoms with van der Waals surface area (Å²) >= 11 is 0. The third-order valence-corrected chi connectivity index (χ3v) is 4.68. The predicted molar refractivity (Wildman–Crippen MR) is 103 cm³/mol. The lowest BCUT2D eigenvalue weighted by Crippen LogP contribution is -2.27. The van der Waals surface area contributed by atoms with Crippen molar-refractivity contribution < 1.29 is 9.21 Å². The molecule has 4 heterocycles. The molecule has 132 valence electrons. The number of hydrogen-bond acceptors (Lipinski definition) is 4. The highest BCUT2D eigenvalue weighted by Gasteiger charge is 2.22. The molecule has 2 amide bonds. The third kappa shape index (κ3) is 2.71. The molecule has 1 aromatic carbocycles. The van der Waals surface area contributed by atoms with Crippen LogP contribution < -0.4 is 10.2 Å². The van der Waals surface area contributed by atoms with Crippen molar-refractivity contribution in [2.75, 3.05) is 18.0 Å². The van der Waals surface area contributed by atoms with E-state index in [4.69, 9.17) is 9.40 Å². The number of fused-ring (bicyclic) bond motifs is 1. The Morgan fingerprint density at radius 2 is 2.00 bits per heavy atom. The van der Waals surface area contributed by atoms with Gasteiger partial charge in [-0.15, -0.1) is 0 Å². The van der Waals surface area contributed by atoms with Gasteiger partial charge in [0.15, 0.2) is 5.76 Å². The lowest BCUT2D eigenvalue weighted by Gasteiger charge is -2.16.